The molecule has 2 unspecified atom stereocenters. The van der Waals surface area contributed by atoms with Gasteiger partial charge in [0.15, 0.2) is 5.96 Å². The highest BCUT2D eigenvalue weighted by Crippen LogP contribution is 2.21. The summed E-state index contributed by atoms with van der Waals surface area (Å²) in [6, 6.07) is 8.87. The Morgan fingerprint density at radius 1 is 1.27 bits per heavy atom. The van der Waals surface area contributed by atoms with Gasteiger partial charge in [-0.2, -0.15) is 0 Å². The topological polar surface area (TPSA) is 40.1 Å². The van der Waals surface area contributed by atoms with Crippen molar-refractivity contribution in [1.29, 1.82) is 0 Å². The lowest BCUT2D eigenvalue weighted by molar-refractivity contribution is 0.227. The molecule has 5 nitrogen and oxygen atoms in total. The van der Waals surface area contributed by atoms with Crippen LogP contribution in [0.25, 0.3) is 0 Å². The molecule has 0 bridgehead atoms. The number of hydrogen-bond donors (Lipinski definition) is 1. The molecule has 1 N–H and O–H groups in total. The smallest absolute Gasteiger partial charge is 0.194 e. The number of para-hydroxylation sites is 1. The van der Waals surface area contributed by atoms with Crippen molar-refractivity contribution in [2.24, 2.45) is 4.99 Å². The maximum absolute atomic E-state index is 6.08. The number of aliphatic imine (C=N–C) groups is 1. The molecule has 144 valence electrons. The van der Waals surface area contributed by atoms with E-state index >= 15 is 0 Å². The minimum Gasteiger partial charge on any atom is -0.489 e. The standard InChI is InChI=1S/C21H34N4O/c1-4-22-21(25-14-11-19(16-25)24-12-7-8-13-24)23-15-18(3)26-20-10-6-5-9-17(20)2/h5-6,9-10,18-19H,4,7-8,11-16H2,1-3H3,(H,22,23). The van der Waals surface area contributed by atoms with Crippen LogP contribution in [0, 0.1) is 6.92 Å². The number of hydrogen-bond acceptors (Lipinski definition) is 3. The molecular weight excluding hydrogens is 324 g/mol. The molecule has 0 radical (unpaired) electrons. The van der Waals surface area contributed by atoms with Gasteiger partial charge in [-0.3, -0.25) is 4.90 Å². The average molecular weight is 359 g/mol. The number of rotatable bonds is 6. The van der Waals surface area contributed by atoms with Gasteiger partial charge in [0.05, 0.1) is 6.54 Å². The van der Waals surface area contributed by atoms with E-state index in [0.717, 1.165) is 31.3 Å². The SMILES string of the molecule is CCNC(=NCC(C)Oc1ccccc1C)N1CCC(N2CCCC2)C1. The minimum absolute atomic E-state index is 0.0572. The van der Waals surface area contributed by atoms with E-state index in [0.29, 0.717) is 12.6 Å². The van der Waals surface area contributed by atoms with Crippen molar-refractivity contribution in [3.05, 3.63) is 29.8 Å². The second-order valence-electron chi connectivity index (χ2n) is 7.52. The molecule has 0 aliphatic carbocycles. The van der Waals surface area contributed by atoms with E-state index in [9.17, 15) is 0 Å². The van der Waals surface area contributed by atoms with E-state index in [1.54, 1.807) is 0 Å². The van der Waals surface area contributed by atoms with Gasteiger partial charge in [0.1, 0.15) is 11.9 Å². The summed E-state index contributed by atoms with van der Waals surface area (Å²) in [5.74, 6) is 1.99. The Morgan fingerprint density at radius 3 is 2.77 bits per heavy atom. The van der Waals surface area contributed by atoms with Crippen LogP contribution in [0.5, 0.6) is 5.75 Å². The first-order valence-corrected chi connectivity index (χ1v) is 10.2. The van der Waals surface area contributed by atoms with E-state index in [4.69, 9.17) is 9.73 Å². The molecule has 2 atom stereocenters. The molecular formula is C21H34N4O. The predicted molar refractivity (Wildman–Crippen MR) is 108 cm³/mol. The van der Waals surface area contributed by atoms with Gasteiger partial charge in [-0.05, 0) is 64.8 Å². The van der Waals surface area contributed by atoms with Crippen LogP contribution in [-0.2, 0) is 0 Å². The highest BCUT2D eigenvalue weighted by atomic mass is 16.5. The molecule has 0 saturated carbocycles. The first kappa shape index (κ1) is 19.0. The lowest BCUT2D eigenvalue weighted by Gasteiger charge is -2.25. The normalized spacial score (nSPS) is 22.7. The zero-order chi connectivity index (χ0) is 18.4. The Labute approximate surface area is 158 Å². The number of likely N-dealkylation sites (tertiary alicyclic amines) is 2. The second kappa shape index (κ2) is 9.26. The van der Waals surface area contributed by atoms with Crippen molar-refractivity contribution in [1.82, 2.24) is 15.1 Å². The Kier molecular flexibility index (Phi) is 6.78. The van der Waals surface area contributed by atoms with Crippen molar-refractivity contribution >= 4 is 5.96 Å². The largest absolute Gasteiger partial charge is 0.489 e. The third kappa shape index (κ3) is 4.91. The van der Waals surface area contributed by atoms with Gasteiger partial charge in [0.25, 0.3) is 0 Å². The van der Waals surface area contributed by atoms with Gasteiger partial charge in [0, 0.05) is 25.7 Å². The van der Waals surface area contributed by atoms with Crippen LogP contribution >= 0.6 is 0 Å². The third-order valence-electron chi connectivity index (χ3n) is 5.37. The van der Waals surface area contributed by atoms with Gasteiger partial charge in [0.2, 0.25) is 0 Å². The fourth-order valence-corrected chi connectivity index (χ4v) is 3.92. The van der Waals surface area contributed by atoms with Crippen molar-refractivity contribution in [3.63, 3.8) is 0 Å². The van der Waals surface area contributed by atoms with Gasteiger partial charge in [-0.1, -0.05) is 18.2 Å². The molecule has 3 rings (SSSR count). The quantitative estimate of drug-likeness (QED) is 0.627. The number of benzene rings is 1. The van der Waals surface area contributed by atoms with Crippen LogP contribution in [-0.4, -0.2) is 67.2 Å². The molecule has 26 heavy (non-hydrogen) atoms. The molecule has 2 aliphatic rings. The Balaban J connectivity index is 1.56. The van der Waals surface area contributed by atoms with Gasteiger partial charge in [-0.25, -0.2) is 4.99 Å². The number of nitrogens with one attached hydrogen (secondary N) is 1. The van der Waals surface area contributed by atoms with Crippen molar-refractivity contribution < 1.29 is 4.74 Å². The van der Waals surface area contributed by atoms with Gasteiger partial charge >= 0.3 is 0 Å². The Hall–Kier alpha value is -1.75. The summed E-state index contributed by atoms with van der Waals surface area (Å²) >= 11 is 0. The molecule has 2 aliphatic heterocycles. The number of nitrogens with zero attached hydrogens (tertiary/aromatic N) is 3. The summed E-state index contributed by atoms with van der Waals surface area (Å²) in [7, 11) is 0. The number of aryl methyl sites for hydroxylation is 1. The highest BCUT2D eigenvalue weighted by molar-refractivity contribution is 5.80. The van der Waals surface area contributed by atoms with Gasteiger partial charge in [-0.15, -0.1) is 0 Å². The fraction of sp³-hybridized carbons (Fsp3) is 0.667. The number of ether oxygens (including phenoxy) is 1. The molecule has 0 amide bonds. The van der Waals surface area contributed by atoms with Crippen LogP contribution in [0.15, 0.2) is 29.3 Å². The van der Waals surface area contributed by atoms with E-state index in [1.807, 2.05) is 18.2 Å². The molecule has 2 fully saturated rings. The zero-order valence-corrected chi connectivity index (χ0v) is 16.6. The van der Waals surface area contributed by atoms with Crippen LogP contribution in [0.1, 0.15) is 38.7 Å². The Morgan fingerprint density at radius 2 is 2.04 bits per heavy atom. The molecule has 5 heteroatoms. The fourth-order valence-electron chi connectivity index (χ4n) is 3.92. The van der Waals surface area contributed by atoms with Crippen molar-refractivity contribution in [2.75, 3.05) is 39.3 Å². The maximum atomic E-state index is 6.08. The second-order valence-corrected chi connectivity index (χ2v) is 7.52. The van der Waals surface area contributed by atoms with E-state index in [-0.39, 0.29) is 6.10 Å². The Bertz CT molecular complexity index is 597. The third-order valence-corrected chi connectivity index (χ3v) is 5.37. The summed E-state index contributed by atoms with van der Waals surface area (Å²) in [5.41, 5.74) is 1.17. The summed E-state index contributed by atoms with van der Waals surface area (Å²) in [5, 5.41) is 3.47. The summed E-state index contributed by atoms with van der Waals surface area (Å²) < 4.78 is 6.08. The predicted octanol–water partition coefficient (Wildman–Crippen LogP) is 2.90. The van der Waals surface area contributed by atoms with Crippen LogP contribution in [0.2, 0.25) is 0 Å². The molecule has 0 spiro atoms. The van der Waals surface area contributed by atoms with E-state index in [1.165, 1.54) is 37.9 Å². The molecule has 2 saturated heterocycles. The maximum Gasteiger partial charge on any atom is 0.194 e. The van der Waals surface area contributed by atoms with Gasteiger partial charge < -0.3 is 15.0 Å². The van der Waals surface area contributed by atoms with Crippen molar-refractivity contribution in [3.8, 4) is 5.75 Å². The summed E-state index contributed by atoms with van der Waals surface area (Å²) in [6.45, 7) is 12.6. The zero-order valence-electron chi connectivity index (χ0n) is 16.6. The van der Waals surface area contributed by atoms with E-state index in [2.05, 4.69) is 42.0 Å². The summed E-state index contributed by atoms with van der Waals surface area (Å²) in [6.07, 6.45) is 4.03. The summed E-state index contributed by atoms with van der Waals surface area (Å²) in [4.78, 5) is 9.95. The van der Waals surface area contributed by atoms with E-state index < -0.39 is 0 Å². The van der Waals surface area contributed by atoms with Crippen molar-refractivity contribution in [2.45, 2.75) is 52.2 Å². The molecule has 2 heterocycles. The van der Waals surface area contributed by atoms with Crippen LogP contribution < -0.4 is 10.1 Å². The molecule has 0 aromatic heterocycles. The lowest BCUT2D eigenvalue weighted by Crippen LogP contribution is -2.43. The molecule has 1 aromatic carbocycles. The first-order valence-electron chi connectivity index (χ1n) is 10.2. The number of guanidine groups is 1. The monoisotopic (exact) mass is 358 g/mol. The lowest BCUT2D eigenvalue weighted by atomic mass is 10.2. The highest BCUT2D eigenvalue weighted by Gasteiger charge is 2.30. The molecule has 1 aromatic rings. The average Bonchev–Trinajstić information content (AvgIpc) is 3.32. The van der Waals surface area contributed by atoms with Crippen LogP contribution in [0.4, 0.5) is 0 Å². The minimum atomic E-state index is 0.0572. The van der Waals surface area contributed by atoms with Crippen LogP contribution in [0.3, 0.4) is 0 Å². The first-order chi connectivity index (χ1) is 12.7.